The summed E-state index contributed by atoms with van der Waals surface area (Å²) in [7, 11) is 0. The van der Waals surface area contributed by atoms with E-state index in [1.807, 2.05) is 54.6 Å². The number of aromatic nitrogens is 2. The van der Waals surface area contributed by atoms with E-state index >= 15 is 0 Å². The van der Waals surface area contributed by atoms with Gasteiger partial charge in [-0.05, 0) is 30.2 Å². The molecule has 3 aromatic rings. The van der Waals surface area contributed by atoms with E-state index in [4.69, 9.17) is 0 Å². The topological polar surface area (TPSA) is 55.2 Å². The number of rotatable bonds is 2. The average Bonchev–Trinajstić information content (AvgIpc) is 2.86. The van der Waals surface area contributed by atoms with Crippen molar-refractivity contribution in [1.82, 2.24) is 9.55 Å². The lowest BCUT2D eigenvalue weighted by molar-refractivity contribution is -0.119. The molecule has 25 heavy (non-hydrogen) atoms. The summed E-state index contributed by atoms with van der Waals surface area (Å²) >= 11 is 0. The number of amides is 1. The summed E-state index contributed by atoms with van der Waals surface area (Å²) in [4.78, 5) is 31.2. The van der Waals surface area contributed by atoms with Gasteiger partial charge in [-0.1, -0.05) is 42.5 Å². The third kappa shape index (κ3) is 2.85. The van der Waals surface area contributed by atoms with Crippen LogP contribution in [0.25, 0.3) is 17.1 Å². The maximum Gasteiger partial charge on any atom is 0.269 e. The fraction of sp³-hybridized carbons (Fsp3) is 0.150. The van der Waals surface area contributed by atoms with Gasteiger partial charge in [-0.15, -0.1) is 0 Å². The van der Waals surface area contributed by atoms with Gasteiger partial charge in [0.15, 0.2) is 0 Å². The second-order valence-electron chi connectivity index (χ2n) is 5.97. The van der Waals surface area contributed by atoms with Gasteiger partial charge in [0.25, 0.3) is 5.56 Å². The number of para-hydroxylation sites is 3. The van der Waals surface area contributed by atoms with E-state index in [9.17, 15) is 9.59 Å². The molecule has 0 N–H and O–H groups in total. The first-order valence-corrected chi connectivity index (χ1v) is 8.24. The standard InChI is InChI=1S/C20H17N3O2/c24-19-13-21-16-9-2-4-11-18(16)23(19)14-20(25)22-12-6-5-8-15-7-1-3-10-17(15)22/h1-5,7-11,13H,6,12,14H2. The Labute approximate surface area is 144 Å². The van der Waals surface area contributed by atoms with E-state index in [-0.39, 0.29) is 18.0 Å². The van der Waals surface area contributed by atoms with Gasteiger partial charge in [-0.3, -0.25) is 14.2 Å². The molecule has 0 spiro atoms. The third-order valence-electron chi connectivity index (χ3n) is 4.39. The van der Waals surface area contributed by atoms with Crippen molar-refractivity contribution in [2.24, 2.45) is 0 Å². The Morgan fingerprint density at radius 2 is 1.88 bits per heavy atom. The van der Waals surface area contributed by atoms with Crippen LogP contribution in [0.2, 0.25) is 0 Å². The summed E-state index contributed by atoms with van der Waals surface area (Å²) in [5.74, 6) is -0.102. The van der Waals surface area contributed by atoms with Crippen molar-refractivity contribution in [3.05, 3.63) is 76.7 Å². The molecule has 1 aromatic heterocycles. The largest absolute Gasteiger partial charge is 0.310 e. The van der Waals surface area contributed by atoms with Crippen LogP contribution in [0, 0.1) is 0 Å². The molecule has 0 bridgehead atoms. The molecule has 0 saturated heterocycles. The highest BCUT2D eigenvalue weighted by Crippen LogP contribution is 2.25. The molecule has 0 fully saturated rings. The Bertz CT molecular complexity index is 1040. The molecule has 1 aliphatic rings. The van der Waals surface area contributed by atoms with Crippen molar-refractivity contribution in [2.45, 2.75) is 13.0 Å². The van der Waals surface area contributed by atoms with Gasteiger partial charge < -0.3 is 4.90 Å². The molecular formula is C20H17N3O2. The molecule has 4 rings (SSSR count). The SMILES string of the molecule is O=C(Cn1c(=O)cnc2ccccc21)N1CCC=Cc2ccccc21. The molecule has 2 heterocycles. The van der Waals surface area contributed by atoms with E-state index < -0.39 is 0 Å². The highest BCUT2D eigenvalue weighted by atomic mass is 16.2. The summed E-state index contributed by atoms with van der Waals surface area (Å²) in [6, 6.07) is 15.2. The zero-order valence-electron chi connectivity index (χ0n) is 13.6. The van der Waals surface area contributed by atoms with Gasteiger partial charge in [0.2, 0.25) is 5.91 Å². The minimum Gasteiger partial charge on any atom is -0.310 e. The third-order valence-corrected chi connectivity index (χ3v) is 4.39. The van der Waals surface area contributed by atoms with Gasteiger partial charge in [0, 0.05) is 6.54 Å². The molecule has 0 unspecified atom stereocenters. The maximum atomic E-state index is 13.0. The quantitative estimate of drug-likeness (QED) is 0.725. The Hall–Kier alpha value is -3.21. The van der Waals surface area contributed by atoms with Crippen molar-refractivity contribution in [3.8, 4) is 0 Å². The molecule has 2 aromatic carbocycles. The van der Waals surface area contributed by atoms with E-state index in [0.29, 0.717) is 17.6 Å². The zero-order chi connectivity index (χ0) is 17.2. The Balaban J connectivity index is 1.72. The first kappa shape index (κ1) is 15.3. The summed E-state index contributed by atoms with van der Waals surface area (Å²) in [5, 5.41) is 0. The lowest BCUT2D eigenvalue weighted by Crippen LogP contribution is -2.37. The van der Waals surface area contributed by atoms with Gasteiger partial charge in [0.1, 0.15) is 6.54 Å². The number of carbonyl (C=O) groups excluding carboxylic acids is 1. The number of benzene rings is 2. The predicted molar refractivity (Wildman–Crippen MR) is 98.4 cm³/mol. The highest BCUT2D eigenvalue weighted by Gasteiger charge is 2.20. The minimum absolute atomic E-state index is 0.00377. The molecule has 124 valence electrons. The molecule has 0 saturated carbocycles. The molecular weight excluding hydrogens is 314 g/mol. The number of fused-ring (bicyclic) bond motifs is 2. The highest BCUT2D eigenvalue weighted by molar-refractivity contribution is 5.96. The van der Waals surface area contributed by atoms with Crippen molar-refractivity contribution in [3.63, 3.8) is 0 Å². The molecule has 1 aliphatic heterocycles. The molecule has 0 aliphatic carbocycles. The van der Waals surface area contributed by atoms with Crippen LogP contribution in [0.5, 0.6) is 0 Å². The molecule has 1 amide bonds. The normalized spacial score (nSPS) is 13.5. The van der Waals surface area contributed by atoms with E-state index in [0.717, 1.165) is 17.7 Å². The molecule has 0 radical (unpaired) electrons. The van der Waals surface area contributed by atoms with Crippen molar-refractivity contribution < 1.29 is 4.79 Å². The molecule has 5 heteroatoms. The molecule has 5 nitrogen and oxygen atoms in total. The Morgan fingerprint density at radius 3 is 2.80 bits per heavy atom. The maximum absolute atomic E-state index is 13.0. The number of carbonyl (C=O) groups is 1. The monoisotopic (exact) mass is 331 g/mol. The van der Waals surface area contributed by atoms with Crippen LogP contribution in [0.3, 0.4) is 0 Å². The number of hydrogen-bond acceptors (Lipinski definition) is 3. The van der Waals surface area contributed by atoms with E-state index in [2.05, 4.69) is 11.1 Å². The van der Waals surface area contributed by atoms with Crippen LogP contribution in [0.4, 0.5) is 5.69 Å². The lowest BCUT2D eigenvalue weighted by Gasteiger charge is -2.23. The van der Waals surface area contributed by atoms with Gasteiger partial charge in [-0.25, -0.2) is 4.98 Å². The van der Waals surface area contributed by atoms with Crippen LogP contribution < -0.4 is 10.5 Å². The van der Waals surface area contributed by atoms with Gasteiger partial charge >= 0.3 is 0 Å². The van der Waals surface area contributed by atoms with Crippen LogP contribution in [-0.4, -0.2) is 22.0 Å². The van der Waals surface area contributed by atoms with E-state index in [1.54, 1.807) is 4.90 Å². The zero-order valence-corrected chi connectivity index (χ0v) is 13.6. The van der Waals surface area contributed by atoms with Crippen molar-refractivity contribution in [1.29, 1.82) is 0 Å². The van der Waals surface area contributed by atoms with E-state index in [1.165, 1.54) is 10.8 Å². The Morgan fingerprint density at radius 1 is 1.08 bits per heavy atom. The number of hydrogen-bond donors (Lipinski definition) is 0. The van der Waals surface area contributed by atoms with Crippen LogP contribution in [0.1, 0.15) is 12.0 Å². The summed E-state index contributed by atoms with van der Waals surface area (Å²) in [6.07, 6.45) is 6.16. The Kier molecular flexibility index (Phi) is 3.90. The predicted octanol–water partition coefficient (Wildman–Crippen LogP) is 2.85. The summed E-state index contributed by atoms with van der Waals surface area (Å²) < 4.78 is 1.49. The second-order valence-corrected chi connectivity index (χ2v) is 5.97. The smallest absolute Gasteiger partial charge is 0.269 e. The average molecular weight is 331 g/mol. The number of anilines is 1. The van der Waals surface area contributed by atoms with Gasteiger partial charge in [0.05, 0.1) is 22.9 Å². The van der Waals surface area contributed by atoms with Gasteiger partial charge in [-0.2, -0.15) is 0 Å². The first-order chi connectivity index (χ1) is 12.2. The minimum atomic E-state index is -0.270. The fourth-order valence-electron chi connectivity index (χ4n) is 3.17. The van der Waals surface area contributed by atoms with Crippen LogP contribution in [0.15, 0.2) is 65.6 Å². The summed E-state index contributed by atoms with van der Waals surface area (Å²) in [5.41, 5.74) is 3.00. The number of nitrogens with zero attached hydrogens (tertiary/aromatic N) is 3. The second kappa shape index (κ2) is 6.36. The van der Waals surface area contributed by atoms with Crippen molar-refractivity contribution in [2.75, 3.05) is 11.4 Å². The van der Waals surface area contributed by atoms with Crippen LogP contribution >= 0.6 is 0 Å². The summed E-state index contributed by atoms with van der Waals surface area (Å²) in [6.45, 7) is 0.598. The fourth-order valence-corrected chi connectivity index (χ4v) is 3.17. The van der Waals surface area contributed by atoms with Crippen molar-refractivity contribution >= 4 is 28.7 Å². The van der Waals surface area contributed by atoms with Crippen LogP contribution in [-0.2, 0) is 11.3 Å². The lowest BCUT2D eigenvalue weighted by atomic mass is 10.1. The molecule has 0 atom stereocenters. The first-order valence-electron chi connectivity index (χ1n) is 8.24.